The molecule has 2 saturated carbocycles. The maximum Gasteiger partial charge on any atom is 0.142 e. The summed E-state index contributed by atoms with van der Waals surface area (Å²) in [7, 11) is 0. The van der Waals surface area contributed by atoms with E-state index in [1.165, 1.54) is 11.8 Å². The zero-order valence-electron chi connectivity index (χ0n) is 31.0. The Morgan fingerprint density at radius 3 is 2.56 bits per heavy atom. The number of fused-ring (bicyclic) bond motifs is 1. The molecule has 1 aliphatic heterocycles. The molecule has 9 nitrogen and oxygen atoms in total. The van der Waals surface area contributed by atoms with Crippen molar-refractivity contribution in [3.63, 3.8) is 0 Å². The zero-order chi connectivity index (χ0) is 37.9. The smallest absolute Gasteiger partial charge is 0.142 e. The number of halogens is 2. The van der Waals surface area contributed by atoms with Crippen LogP contribution in [-0.2, 0) is 19.6 Å². The number of aromatic nitrogens is 1. The third-order valence-corrected chi connectivity index (χ3v) is 12.5. The van der Waals surface area contributed by atoms with Gasteiger partial charge in [-0.25, -0.2) is 0 Å². The number of nitriles is 1. The van der Waals surface area contributed by atoms with Crippen molar-refractivity contribution in [3.05, 3.63) is 105 Å². The summed E-state index contributed by atoms with van der Waals surface area (Å²) in [5, 5.41) is 34.2. The molecule has 2 heterocycles. The Balaban J connectivity index is 0.960. The van der Waals surface area contributed by atoms with E-state index in [1.54, 1.807) is 12.3 Å². The average molecular weight is 784 g/mol. The van der Waals surface area contributed by atoms with E-state index in [-0.39, 0.29) is 31.0 Å². The van der Waals surface area contributed by atoms with Gasteiger partial charge in [0.2, 0.25) is 0 Å². The van der Waals surface area contributed by atoms with Crippen molar-refractivity contribution in [2.45, 2.75) is 95.3 Å². The van der Waals surface area contributed by atoms with Gasteiger partial charge in [-0.2, -0.15) is 5.26 Å². The first-order valence-corrected chi connectivity index (χ1v) is 20.3. The molecule has 3 aromatic carbocycles. The second-order valence-electron chi connectivity index (χ2n) is 15.8. The lowest BCUT2D eigenvalue weighted by Crippen LogP contribution is -2.63. The molecule has 4 aliphatic rings. The van der Waals surface area contributed by atoms with E-state index >= 15 is 0 Å². The lowest BCUT2D eigenvalue weighted by atomic mass is 9.62. The van der Waals surface area contributed by atoms with E-state index in [1.807, 2.05) is 30.3 Å². The summed E-state index contributed by atoms with van der Waals surface area (Å²) < 4.78 is 19.3. The zero-order valence-corrected chi connectivity index (χ0v) is 32.5. The highest BCUT2D eigenvalue weighted by Gasteiger charge is 2.51. The Morgan fingerprint density at radius 2 is 1.75 bits per heavy atom. The fourth-order valence-electron chi connectivity index (χ4n) is 9.02. The summed E-state index contributed by atoms with van der Waals surface area (Å²) in [6.07, 6.45) is 10.7. The lowest BCUT2D eigenvalue weighted by molar-refractivity contribution is -0.128. The molecule has 11 heteroatoms. The van der Waals surface area contributed by atoms with Crippen LogP contribution in [0.15, 0.2) is 67.0 Å². The van der Waals surface area contributed by atoms with Crippen molar-refractivity contribution in [2.24, 2.45) is 5.41 Å². The van der Waals surface area contributed by atoms with Crippen molar-refractivity contribution in [3.8, 4) is 34.4 Å². The molecule has 8 rings (SSSR count). The average Bonchev–Trinajstić information content (AvgIpc) is 3.58. The van der Waals surface area contributed by atoms with Crippen molar-refractivity contribution in [1.29, 1.82) is 5.26 Å². The third kappa shape index (κ3) is 8.46. The number of hydrogen-bond acceptors (Lipinski definition) is 9. The molecule has 1 aromatic heterocycles. The highest BCUT2D eigenvalue weighted by molar-refractivity contribution is 6.35. The van der Waals surface area contributed by atoms with Crippen molar-refractivity contribution < 1.29 is 24.4 Å². The van der Waals surface area contributed by atoms with Crippen molar-refractivity contribution in [1.82, 2.24) is 15.2 Å². The minimum atomic E-state index is -0.384. The SMILES string of the molecule is N#Cc1cncc(COc2cc(O[C@H]3CCc4c(-c5cccc(OCCCN6CC7(CC(O)C7)C6)c5Cl)cccc43)c(Cl)cc2CN[C@@H]2CCCC[C@@H]2O)c1. The number of nitrogens with zero attached hydrogens (tertiary/aromatic N) is 3. The van der Waals surface area contributed by atoms with Gasteiger partial charge in [0.1, 0.15) is 36.0 Å². The van der Waals surface area contributed by atoms with Crippen LogP contribution in [0, 0.1) is 16.7 Å². The van der Waals surface area contributed by atoms with E-state index < -0.39 is 0 Å². The van der Waals surface area contributed by atoms with Gasteiger partial charge in [0.05, 0.1) is 34.4 Å². The van der Waals surface area contributed by atoms with E-state index in [2.05, 4.69) is 39.5 Å². The topological polar surface area (TPSA) is 120 Å². The monoisotopic (exact) mass is 782 g/mol. The Bertz CT molecular complexity index is 2040. The normalized spacial score (nSPS) is 21.7. The van der Waals surface area contributed by atoms with Crippen LogP contribution < -0.4 is 19.5 Å². The number of rotatable bonds is 14. The number of pyridine rings is 1. The summed E-state index contributed by atoms with van der Waals surface area (Å²) >= 11 is 14.0. The number of ether oxygens (including phenoxy) is 3. The second kappa shape index (κ2) is 16.7. The maximum absolute atomic E-state index is 10.6. The van der Waals surface area contributed by atoms with E-state index in [9.17, 15) is 15.5 Å². The summed E-state index contributed by atoms with van der Waals surface area (Å²) in [6.45, 7) is 4.42. The van der Waals surface area contributed by atoms with Gasteiger partial charge in [0.25, 0.3) is 0 Å². The predicted molar refractivity (Wildman–Crippen MR) is 213 cm³/mol. The molecule has 288 valence electrons. The fourth-order valence-corrected chi connectivity index (χ4v) is 9.53. The van der Waals surface area contributed by atoms with Crippen LogP contribution in [0.4, 0.5) is 0 Å². The van der Waals surface area contributed by atoms with Crippen LogP contribution in [0.5, 0.6) is 17.2 Å². The summed E-state index contributed by atoms with van der Waals surface area (Å²) in [5.74, 6) is 1.83. The largest absolute Gasteiger partial charge is 0.492 e. The first-order chi connectivity index (χ1) is 26.8. The Kier molecular flexibility index (Phi) is 11.5. The molecular weight excluding hydrogens is 735 g/mol. The van der Waals surface area contributed by atoms with Crippen LogP contribution in [0.1, 0.15) is 85.3 Å². The molecule has 55 heavy (non-hydrogen) atoms. The molecule has 3 atom stereocenters. The van der Waals surface area contributed by atoms with Crippen LogP contribution in [0.25, 0.3) is 11.1 Å². The van der Waals surface area contributed by atoms with E-state index in [0.717, 1.165) is 105 Å². The number of nitrogens with one attached hydrogen (secondary N) is 1. The first-order valence-electron chi connectivity index (χ1n) is 19.6. The molecular formula is C44H48Cl2N4O5. The van der Waals surface area contributed by atoms with Gasteiger partial charge in [0, 0.05) is 72.8 Å². The van der Waals surface area contributed by atoms with Crippen LogP contribution in [-0.4, -0.2) is 64.6 Å². The molecule has 1 saturated heterocycles. The number of likely N-dealkylation sites (tertiary alicyclic amines) is 1. The summed E-state index contributed by atoms with van der Waals surface area (Å²) in [4.78, 5) is 6.63. The molecule has 0 unspecified atom stereocenters. The van der Waals surface area contributed by atoms with Crippen molar-refractivity contribution >= 4 is 23.2 Å². The first kappa shape index (κ1) is 38.0. The predicted octanol–water partition coefficient (Wildman–Crippen LogP) is 8.19. The molecule has 3 fully saturated rings. The van der Waals surface area contributed by atoms with Crippen LogP contribution in [0.3, 0.4) is 0 Å². The van der Waals surface area contributed by atoms with Gasteiger partial charge in [-0.15, -0.1) is 0 Å². The standard InChI is InChI=1S/C44H48Cl2N4O5/c45-36-17-30(24-49-37-9-1-2-10-38(37)52)41(54-25-29-16-28(21-47)22-48-23-29)18-42(36)55-39-13-12-33-32(6-3-7-34(33)39)35-8-4-11-40(43(35)46)53-15-5-14-50-26-44(27-50)19-31(51)20-44/h3-4,6-8,11,16-18,22-23,31,37-39,49,51-52H,1-2,5,9-10,12-15,19-20,24-27H2/t37-,38+,39+/m1/s1. The number of benzene rings is 3. The van der Waals surface area contributed by atoms with Crippen LogP contribution >= 0.6 is 23.2 Å². The van der Waals surface area contributed by atoms with Crippen molar-refractivity contribution in [2.75, 3.05) is 26.2 Å². The van der Waals surface area contributed by atoms with Gasteiger partial charge in [-0.1, -0.05) is 66.4 Å². The minimum Gasteiger partial charge on any atom is -0.492 e. The molecule has 3 aliphatic carbocycles. The fraction of sp³-hybridized carbons (Fsp3) is 0.455. The number of aliphatic hydroxyl groups is 2. The third-order valence-electron chi connectivity index (χ3n) is 11.8. The highest BCUT2D eigenvalue weighted by Crippen LogP contribution is 2.48. The quantitative estimate of drug-likeness (QED) is 0.109. The highest BCUT2D eigenvalue weighted by atomic mass is 35.5. The molecule has 4 aromatic rings. The van der Waals surface area contributed by atoms with Crippen LogP contribution in [0.2, 0.25) is 10.0 Å². The van der Waals surface area contributed by atoms with Gasteiger partial charge < -0.3 is 34.6 Å². The van der Waals surface area contributed by atoms with Gasteiger partial charge >= 0.3 is 0 Å². The van der Waals surface area contributed by atoms with Gasteiger partial charge in [-0.05, 0) is 79.8 Å². The molecule has 1 spiro atoms. The number of aliphatic hydroxyl groups excluding tert-OH is 2. The van der Waals surface area contributed by atoms with Gasteiger partial charge in [-0.3, -0.25) is 4.98 Å². The van der Waals surface area contributed by atoms with Gasteiger partial charge in [0.15, 0.2) is 0 Å². The van der Waals surface area contributed by atoms with E-state index in [0.29, 0.717) is 51.4 Å². The minimum absolute atomic E-state index is 0.00437. The molecule has 0 bridgehead atoms. The molecule has 0 amide bonds. The Morgan fingerprint density at radius 1 is 0.927 bits per heavy atom. The summed E-state index contributed by atoms with van der Waals surface area (Å²) in [6, 6.07) is 19.9. The Hall–Kier alpha value is -3.88. The number of hydrogen-bond donors (Lipinski definition) is 3. The Labute approximate surface area is 333 Å². The molecule has 3 N–H and O–H groups in total. The summed E-state index contributed by atoms with van der Waals surface area (Å²) in [5.41, 5.74) is 6.78. The lowest BCUT2D eigenvalue weighted by Gasteiger charge is -2.58. The second-order valence-corrected chi connectivity index (χ2v) is 16.6. The van der Waals surface area contributed by atoms with E-state index in [4.69, 9.17) is 37.4 Å². The maximum atomic E-state index is 10.6. The molecule has 0 radical (unpaired) electrons.